The lowest BCUT2D eigenvalue weighted by atomic mass is 9.89. The number of benzene rings is 3. The molecule has 21 heavy (non-hydrogen) atoms. The lowest BCUT2D eigenvalue weighted by Crippen LogP contribution is -2.03. The Hall–Kier alpha value is -2.48. The van der Waals surface area contributed by atoms with E-state index in [1.807, 2.05) is 48.5 Å². The molecule has 0 nitrogen and oxygen atoms in total. The Kier molecular flexibility index (Phi) is 2.64. The predicted molar refractivity (Wildman–Crippen MR) is 78.0 cm³/mol. The fourth-order valence-corrected chi connectivity index (χ4v) is 3.17. The molecule has 0 spiro atoms. The average molecular weight is 277 g/mol. The van der Waals surface area contributed by atoms with Gasteiger partial charge in [0.1, 0.15) is 11.6 Å². The number of hydrogen-bond donors (Lipinski definition) is 0. The molecule has 0 saturated heterocycles. The Labute approximate surface area is 121 Å². The highest BCUT2D eigenvalue weighted by Gasteiger charge is 2.31. The largest absolute Gasteiger partial charge is 0.207 e. The van der Waals surface area contributed by atoms with Crippen molar-refractivity contribution >= 4 is 0 Å². The van der Waals surface area contributed by atoms with Gasteiger partial charge in [-0.1, -0.05) is 48.5 Å². The van der Waals surface area contributed by atoms with Crippen LogP contribution in [0.4, 0.5) is 8.78 Å². The zero-order chi connectivity index (χ0) is 14.4. The van der Waals surface area contributed by atoms with Gasteiger partial charge in [-0.2, -0.15) is 0 Å². The smallest absolute Gasteiger partial charge is 0.131 e. The normalized spacial score (nSPS) is 13.0. The summed E-state index contributed by atoms with van der Waals surface area (Å²) < 4.78 is 27.7. The van der Waals surface area contributed by atoms with Crippen molar-refractivity contribution in [3.05, 3.63) is 95.1 Å². The summed E-state index contributed by atoms with van der Waals surface area (Å²) in [6.45, 7) is 0. The molecule has 0 fully saturated rings. The molecule has 1 radical (unpaired) electrons. The van der Waals surface area contributed by atoms with Crippen LogP contribution >= 0.6 is 0 Å². The van der Waals surface area contributed by atoms with Crippen molar-refractivity contribution in [3.63, 3.8) is 0 Å². The van der Waals surface area contributed by atoms with Crippen LogP contribution in [0.2, 0.25) is 0 Å². The summed E-state index contributed by atoms with van der Waals surface area (Å²) in [4.78, 5) is 0. The highest BCUT2D eigenvalue weighted by atomic mass is 19.1. The Morgan fingerprint density at radius 1 is 0.762 bits per heavy atom. The number of halogens is 2. The van der Waals surface area contributed by atoms with Crippen LogP contribution in [0.3, 0.4) is 0 Å². The van der Waals surface area contributed by atoms with E-state index in [-0.39, 0.29) is 5.92 Å². The number of hydrogen-bond acceptors (Lipinski definition) is 0. The van der Waals surface area contributed by atoms with Crippen LogP contribution in [0.15, 0.2) is 60.7 Å². The minimum atomic E-state index is -0.534. The van der Waals surface area contributed by atoms with E-state index in [0.717, 1.165) is 28.3 Å². The van der Waals surface area contributed by atoms with Crippen molar-refractivity contribution in [2.75, 3.05) is 0 Å². The van der Waals surface area contributed by atoms with Crippen LogP contribution in [-0.2, 0) is 0 Å². The van der Waals surface area contributed by atoms with Gasteiger partial charge in [-0.25, -0.2) is 8.78 Å². The van der Waals surface area contributed by atoms with Gasteiger partial charge in [0.25, 0.3) is 0 Å². The zero-order valence-corrected chi connectivity index (χ0v) is 11.1. The lowest BCUT2D eigenvalue weighted by Gasteiger charge is -2.15. The number of rotatable bonds is 1. The van der Waals surface area contributed by atoms with Crippen molar-refractivity contribution in [2.45, 2.75) is 5.92 Å². The molecule has 1 aliphatic rings. The van der Waals surface area contributed by atoms with Gasteiger partial charge in [-0.15, -0.1) is 0 Å². The SMILES string of the molecule is Fc1[c]cc(F)c(C2c3ccccc3-c3ccccc32)c1. The van der Waals surface area contributed by atoms with Gasteiger partial charge >= 0.3 is 0 Å². The molecule has 0 N–H and O–H groups in total. The summed E-state index contributed by atoms with van der Waals surface area (Å²) in [5, 5.41) is 0. The highest BCUT2D eigenvalue weighted by molar-refractivity contribution is 5.80. The topological polar surface area (TPSA) is 0 Å². The van der Waals surface area contributed by atoms with E-state index >= 15 is 0 Å². The van der Waals surface area contributed by atoms with Crippen molar-refractivity contribution in [1.82, 2.24) is 0 Å². The summed E-state index contributed by atoms with van der Waals surface area (Å²) in [5.74, 6) is -1.22. The zero-order valence-electron chi connectivity index (χ0n) is 11.1. The van der Waals surface area contributed by atoms with Gasteiger partial charge < -0.3 is 0 Å². The van der Waals surface area contributed by atoms with Gasteiger partial charge in [-0.05, 0) is 34.4 Å². The molecule has 2 heteroatoms. The van der Waals surface area contributed by atoms with E-state index in [2.05, 4.69) is 6.07 Å². The van der Waals surface area contributed by atoms with Crippen LogP contribution in [0, 0.1) is 17.7 Å². The van der Waals surface area contributed by atoms with Crippen LogP contribution in [0.1, 0.15) is 22.6 Å². The Morgan fingerprint density at radius 2 is 1.33 bits per heavy atom. The Balaban J connectivity index is 2.03. The predicted octanol–water partition coefficient (Wildman–Crippen LogP) is 4.93. The molecule has 0 saturated carbocycles. The maximum atomic E-state index is 14.2. The lowest BCUT2D eigenvalue weighted by molar-refractivity contribution is 0.582. The molecule has 1 aliphatic carbocycles. The van der Waals surface area contributed by atoms with Crippen molar-refractivity contribution < 1.29 is 8.78 Å². The first-order valence-electron chi connectivity index (χ1n) is 6.80. The fraction of sp³-hybridized carbons (Fsp3) is 0.0526. The first kappa shape index (κ1) is 12.3. The second-order valence-electron chi connectivity index (χ2n) is 5.19. The average Bonchev–Trinajstić information content (AvgIpc) is 2.84. The maximum Gasteiger partial charge on any atom is 0.131 e. The second-order valence-corrected chi connectivity index (χ2v) is 5.19. The molecule has 101 valence electrons. The first-order chi connectivity index (χ1) is 10.3. The Bertz CT molecular complexity index is 791. The summed E-state index contributed by atoms with van der Waals surface area (Å²) in [5.41, 5.74) is 4.58. The maximum absolute atomic E-state index is 14.2. The summed E-state index contributed by atoms with van der Waals surface area (Å²) >= 11 is 0. The summed E-state index contributed by atoms with van der Waals surface area (Å²) in [7, 11) is 0. The molecule has 3 aromatic carbocycles. The monoisotopic (exact) mass is 277 g/mol. The summed E-state index contributed by atoms with van der Waals surface area (Å²) in [6.07, 6.45) is 0. The fourth-order valence-electron chi connectivity index (χ4n) is 3.17. The van der Waals surface area contributed by atoms with Gasteiger partial charge in [0.2, 0.25) is 0 Å². The standard InChI is InChI=1S/C19H11F2/c20-12-9-10-18(21)17(11-12)19-15-7-3-1-5-13(15)14-6-2-4-8-16(14)19/h1-8,10-11,19H. The molecule has 0 aromatic heterocycles. The molecule has 4 rings (SSSR count). The third-order valence-electron chi connectivity index (χ3n) is 4.04. The van der Waals surface area contributed by atoms with Gasteiger partial charge in [0.15, 0.2) is 0 Å². The molecule has 0 heterocycles. The summed E-state index contributed by atoms with van der Waals surface area (Å²) in [6, 6.07) is 20.4. The van der Waals surface area contributed by atoms with E-state index in [0.29, 0.717) is 5.56 Å². The molecule has 0 bridgehead atoms. The second kappa shape index (κ2) is 4.52. The van der Waals surface area contributed by atoms with Gasteiger partial charge in [0.05, 0.1) is 0 Å². The molecule has 0 atom stereocenters. The minimum Gasteiger partial charge on any atom is -0.207 e. The van der Waals surface area contributed by atoms with E-state index in [1.54, 1.807) is 0 Å². The molecule has 3 aromatic rings. The van der Waals surface area contributed by atoms with Gasteiger partial charge in [-0.3, -0.25) is 0 Å². The molecular weight excluding hydrogens is 266 g/mol. The Morgan fingerprint density at radius 3 is 1.95 bits per heavy atom. The quantitative estimate of drug-likeness (QED) is 0.463. The van der Waals surface area contributed by atoms with Crippen LogP contribution < -0.4 is 0 Å². The van der Waals surface area contributed by atoms with Gasteiger partial charge in [0, 0.05) is 17.5 Å². The van der Waals surface area contributed by atoms with Crippen LogP contribution in [0.5, 0.6) is 0 Å². The highest BCUT2D eigenvalue weighted by Crippen LogP contribution is 2.48. The first-order valence-corrected chi connectivity index (χ1v) is 6.80. The molecule has 0 amide bonds. The van der Waals surface area contributed by atoms with Crippen LogP contribution in [0.25, 0.3) is 11.1 Å². The van der Waals surface area contributed by atoms with E-state index in [1.165, 1.54) is 6.07 Å². The third kappa shape index (κ3) is 1.79. The van der Waals surface area contributed by atoms with E-state index in [9.17, 15) is 8.78 Å². The number of fused-ring (bicyclic) bond motifs is 3. The third-order valence-corrected chi connectivity index (χ3v) is 4.04. The van der Waals surface area contributed by atoms with Crippen LogP contribution in [-0.4, -0.2) is 0 Å². The molecule has 0 unspecified atom stereocenters. The van der Waals surface area contributed by atoms with Crippen molar-refractivity contribution in [1.29, 1.82) is 0 Å². The molecule has 0 aliphatic heterocycles. The van der Waals surface area contributed by atoms with E-state index in [4.69, 9.17) is 0 Å². The van der Waals surface area contributed by atoms with Crippen molar-refractivity contribution in [3.8, 4) is 11.1 Å². The minimum absolute atomic E-state index is 0.263. The molecular formula is C19H11F2. The van der Waals surface area contributed by atoms with Crippen molar-refractivity contribution in [2.24, 2.45) is 0 Å². The van der Waals surface area contributed by atoms with E-state index < -0.39 is 11.6 Å².